The molecule has 1 heterocycles. The minimum atomic E-state index is -0.383. The molecule has 1 aromatic rings. The maximum Gasteiger partial charge on any atom is 0.150 e. The Kier molecular flexibility index (Phi) is 4.58. The molecule has 0 aliphatic heterocycles. The van der Waals surface area contributed by atoms with Gasteiger partial charge in [-0.2, -0.15) is 5.26 Å². The highest BCUT2D eigenvalue weighted by molar-refractivity contribution is 5.16. The van der Waals surface area contributed by atoms with Crippen LogP contribution in [-0.2, 0) is 12.1 Å². The van der Waals surface area contributed by atoms with Crippen LogP contribution in [0.3, 0.4) is 0 Å². The number of rotatable bonds is 5. The third-order valence-corrected chi connectivity index (χ3v) is 6.34. The van der Waals surface area contributed by atoms with Crippen molar-refractivity contribution in [2.75, 3.05) is 0 Å². The number of nitrogens with zero attached hydrogens (tertiary/aromatic N) is 5. The molecule has 0 spiro atoms. The summed E-state index contributed by atoms with van der Waals surface area (Å²) in [6, 6.07) is 3.85. The van der Waals surface area contributed by atoms with Gasteiger partial charge in [0.1, 0.15) is 0 Å². The van der Waals surface area contributed by atoms with E-state index in [-0.39, 0.29) is 5.54 Å². The summed E-state index contributed by atoms with van der Waals surface area (Å²) in [5.74, 6) is 0. The Bertz CT molecular complexity index is 567. The molecule has 0 N–H and O–H groups in total. The van der Waals surface area contributed by atoms with Crippen molar-refractivity contribution in [3.63, 3.8) is 0 Å². The molecular weight excluding hydrogens is 298 g/mol. The monoisotopic (exact) mass is 327 g/mol. The van der Waals surface area contributed by atoms with Gasteiger partial charge in [0.05, 0.1) is 18.0 Å². The lowest BCUT2D eigenvalue weighted by molar-refractivity contribution is 0.0718. The van der Waals surface area contributed by atoms with E-state index >= 15 is 0 Å². The summed E-state index contributed by atoms with van der Waals surface area (Å²) >= 11 is 0. The van der Waals surface area contributed by atoms with Crippen molar-refractivity contribution in [2.24, 2.45) is 0 Å². The van der Waals surface area contributed by atoms with E-state index in [4.69, 9.17) is 0 Å². The van der Waals surface area contributed by atoms with Gasteiger partial charge in [0.2, 0.25) is 0 Å². The van der Waals surface area contributed by atoms with Gasteiger partial charge in [0.15, 0.2) is 5.54 Å². The number of nitriles is 1. The fourth-order valence-electron chi connectivity index (χ4n) is 4.66. The summed E-state index contributed by atoms with van der Waals surface area (Å²) in [4.78, 5) is 2.75. The lowest BCUT2D eigenvalue weighted by Gasteiger charge is -2.41. The van der Waals surface area contributed by atoms with E-state index in [1.165, 1.54) is 64.2 Å². The van der Waals surface area contributed by atoms with Crippen molar-refractivity contribution in [1.82, 2.24) is 19.9 Å². The smallest absolute Gasteiger partial charge is 0.150 e. The Morgan fingerprint density at radius 1 is 1.04 bits per heavy atom. The molecule has 130 valence electrons. The Hall–Kier alpha value is -1.41. The molecule has 1 aromatic heterocycles. The highest BCUT2D eigenvalue weighted by Gasteiger charge is 2.46. The molecule has 3 aliphatic rings. The summed E-state index contributed by atoms with van der Waals surface area (Å²) in [7, 11) is 0. The fraction of sp³-hybridized carbons (Fsp3) is 0.842. The van der Waals surface area contributed by atoms with Gasteiger partial charge in [0, 0.05) is 18.6 Å². The number of hydrogen-bond donors (Lipinski definition) is 0. The first-order valence-corrected chi connectivity index (χ1v) is 9.89. The molecule has 0 radical (unpaired) electrons. The first-order chi connectivity index (χ1) is 11.8. The molecule has 0 aromatic carbocycles. The molecule has 4 rings (SSSR count). The van der Waals surface area contributed by atoms with Crippen LogP contribution in [0.4, 0.5) is 0 Å². The van der Waals surface area contributed by atoms with Crippen LogP contribution in [0.5, 0.6) is 0 Å². The minimum absolute atomic E-state index is 0.383. The largest absolute Gasteiger partial charge is 0.291 e. The van der Waals surface area contributed by atoms with Gasteiger partial charge in [0.25, 0.3) is 0 Å². The van der Waals surface area contributed by atoms with Crippen LogP contribution in [0.25, 0.3) is 0 Å². The maximum atomic E-state index is 9.36. The van der Waals surface area contributed by atoms with E-state index in [1.807, 2.05) is 10.9 Å². The molecule has 0 saturated heterocycles. The van der Waals surface area contributed by atoms with Gasteiger partial charge < -0.3 is 0 Å². The van der Waals surface area contributed by atoms with Crippen LogP contribution in [0.15, 0.2) is 6.20 Å². The van der Waals surface area contributed by atoms with Crippen LogP contribution >= 0.6 is 0 Å². The van der Waals surface area contributed by atoms with E-state index in [9.17, 15) is 5.26 Å². The highest BCUT2D eigenvalue weighted by Crippen LogP contribution is 2.42. The SMILES string of the molecule is N#CC1(n2cc(CN(C3CCCCC3)C3CCCCC3)nn2)CC1. The zero-order valence-electron chi connectivity index (χ0n) is 14.7. The predicted octanol–water partition coefficient (Wildman–Crippen LogP) is 3.76. The molecule has 0 atom stereocenters. The maximum absolute atomic E-state index is 9.36. The molecule has 5 nitrogen and oxygen atoms in total. The Balaban J connectivity index is 1.49. The van der Waals surface area contributed by atoms with Crippen LogP contribution in [0.2, 0.25) is 0 Å². The van der Waals surface area contributed by atoms with Gasteiger partial charge in [-0.05, 0) is 38.5 Å². The lowest BCUT2D eigenvalue weighted by atomic mass is 9.88. The topological polar surface area (TPSA) is 57.7 Å². The number of aromatic nitrogens is 3. The van der Waals surface area contributed by atoms with E-state index in [0.29, 0.717) is 0 Å². The van der Waals surface area contributed by atoms with E-state index in [2.05, 4.69) is 21.3 Å². The van der Waals surface area contributed by atoms with Gasteiger partial charge in [-0.1, -0.05) is 43.7 Å². The third kappa shape index (κ3) is 3.21. The number of hydrogen-bond acceptors (Lipinski definition) is 4. The van der Waals surface area contributed by atoms with Crippen molar-refractivity contribution >= 4 is 0 Å². The Morgan fingerprint density at radius 2 is 1.62 bits per heavy atom. The second-order valence-corrected chi connectivity index (χ2v) is 8.05. The summed E-state index contributed by atoms with van der Waals surface area (Å²) in [6.45, 7) is 0.914. The Morgan fingerprint density at radius 3 is 2.12 bits per heavy atom. The molecule has 0 bridgehead atoms. The summed E-state index contributed by atoms with van der Waals surface area (Å²) in [5, 5.41) is 18.1. The molecule has 24 heavy (non-hydrogen) atoms. The second kappa shape index (κ2) is 6.84. The fourth-order valence-corrected chi connectivity index (χ4v) is 4.66. The third-order valence-electron chi connectivity index (χ3n) is 6.34. The van der Waals surface area contributed by atoms with E-state index < -0.39 is 0 Å². The van der Waals surface area contributed by atoms with Gasteiger partial charge in [-0.15, -0.1) is 5.10 Å². The highest BCUT2D eigenvalue weighted by atomic mass is 15.5. The van der Waals surface area contributed by atoms with Crippen LogP contribution < -0.4 is 0 Å². The average Bonchev–Trinajstić information content (AvgIpc) is 3.32. The van der Waals surface area contributed by atoms with Crippen molar-refractivity contribution < 1.29 is 0 Å². The second-order valence-electron chi connectivity index (χ2n) is 8.05. The van der Waals surface area contributed by atoms with Crippen LogP contribution in [-0.4, -0.2) is 32.0 Å². The van der Waals surface area contributed by atoms with Crippen molar-refractivity contribution in [3.8, 4) is 6.07 Å². The normalized spacial score (nSPS) is 24.8. The van der Waals surface area contributed by atoms with Crippen LogP contribution in [0, 0.1) is 11.3 Å². The molecular formula is C19H29N5. The zero-order valence-corrected chi connectivity index (χ0v) is 14.7. The standard InChI is InChI=1S/C19H29N5/c20-15-19(11-12-19)24-14-16(21-22-24)13-23(17-7-3-1-4-8-17)18-9-5-2-6-10-18/h14,17-18H,1-13H2. The predicted molar refractivity (Wildman–Crippen MR) is 92.1 cm³/mol. The molecule has 3 fully saturated rings. The van der Waals surface area contributed by atoms with Crippen molar-refractivity contribution in [2.45, 2.75) is 101 Å². The molecule has 0 unspecified atom stereocenters. The van der Waals surface area contributed by atoms with Gasteiger partial charge in [-0.3, -0.25) is 4.90 Å². The van der Waals surface area contributed by atoms with Gasteiger partial charge in [-0.25, -0.2) is 4.68 Å². The summed E-state index contributed by atoms with van der Waals surface area (Å²) in [6.07, 6.45) is 17.5. The first-order valence-electron chi connectivity index (χ1n) is 9.89. The minimum Gasteiger partial charge on any atom is -0.291 e. The van der Waals surface area contributed by atoms with Gasteiger partial charge >= 0.3 is 0 Å². The van der Waals surface area contributed by atoms with E-state index in [0.717, 1.165) is 37.2 Å². The molecule has 5 heteroatoms. The molecule has 0 amide bonds. The molecule has 3 aliphatic carbocycles. The quantitative estimate of drug-likeness (QED) is 0.826. The zero-order chi connectivity index (χ0) is 16.4. The van der Waals surface area contributed by atoms with Crippen molar-refractivity contribution in [1.29, 1.82) is 5.26 Å². The average molecular weight is 327 g/mol. The first kappa shape index (κ1) is 16.1. The Labute approximate surface area is 145 Å². The van der Waals surface area contributed by atoms with Crippen molar-refractivity contribution in [3.05, 3.63) is 11.9 Å². The summed E-state index contributed by atoms with van der Waals surface area (Å²) in [5.41, 5.74) is 0.666. The van der Waals surface area contributed by atoms with E-state index in [1.54, 1.807) is 0 Å². The molecule has 3 saturated carbocycles. The summed E-state index contributed by atoms with van der Waals surface area (Å²) < 4.78 is 1.82. The lowest BCUT2D eigenvalue weighted by Crippen LogP contribution is -2.44. The van der Waals surface area contributed by atoms with Crippen LogP contribution in [0.1, 0.15) is 82.7 Å².